The van der Waals surface area contributed by atoms with E-state index in [1.807, 2.05) is 24.0 Å². The van der Waals surface area contributed by atoms with E-state index in [0.29, 0.717) is 0 Å². The molecule has 1 fully saturated rings. The molecule has 3 aliphatic rings. The molecular weight excluding hydrogens is 400 g/mol. The summed E-state index contributed by atoms with van der Waals surface area (Å²) in [6.45, 7) is 2.95. The summed E-state index contributed by atoms with van der Waals surface area (Å²) in [5.41, 5.74) is 6.45. The van der Waals surface area contributed by atoms with Crippen molar-refractivity contribution in [3.05, 3.63) is 82.9 Å². The van der Waals surface area contributed by atoms with Crippen molar-refractivity contribution in [3.63, 3.8) is 0 Å². The Bertz CT molecular complexity index is 1260. The lowest BCUT2D eigenvalue weighted by atomic mass is 9.95. The van der Waals surface area contributed by atoms with Crippen molar-refractivity contribution in [1.82, 2.24) is 14.5 Å². The number of fused-ring (bicyclic) bond motifs is 4. The van der Waals surface area contributed by atoms with E-state index in [1.165, 1.54) is 16.7 Å². The van der Waals surface area contributed by atoms with E-state index < -0.39 is 5.72 Å². The third-order valence-corrected chi connectivity index (χ3v) is 6.80. The molecule has 32 heavy (non-hydrogen) atoms. The number of piperidine rings is 1. The maximum absolute atomic E-state index is 6.21. The van der Waals surface area contributed by atoms with Gasteiger partial charge in [-0.15, -0.1) is 0 Å². The quantitative estimate of drug-likeness (QED) is 0.603. The molecule has 1 aliphatic carbocycles. The second-order valence-corrected chi connectivity index (χ2v) is 8.73. The van der Waals surface area contributed by atoms with Gasteiger partial charge in [0, 0.05) is 24.7 Å². The van der Waals surface area contributed by atoms with Crippen molar-refractivity contribution in [2.75, 3.05) is 13.7 Å². The van der Waals surface area contributed by atoms with Crippen LogP contribution in [0.5, 0.6) is 5.75 Å². The van der Waals surface area contributed by atoms with Crippen LogP contribution in [-0.2, 0) is 17.0 Å². The van der Waals surface area contributed by atoms with Crippen LogP contribution in [0.4, 0.5) is 0 Å². The van der Waals surface area contributed by atoms with E-state index in [-0.39, 0.29) is 0 Å². The number of amidine groups is 1. The summed E-state index contributed by atoms with van der Waals surface area (Å²) in [4.78, 5) is 12.9. The molecule has 1 spiro atoms. The van der Waals surface area contributed by atoms with Crippen molar-refractivity contribution in [2.45, 2.75) is 38.3 Å². The molecule has 0 radical (unpaired) electrons. The molecule has 3 aromatic rings. The van der Waals surface area contributed by atoms with Crippen LogP contribution in [0.2, 0.25) is 0 Å². The molecule has 6 heteroatoms. The monoisotopic (exact) mass is 426 g/mol. The molecule has 0 bridgehead atoms. The van der Waals surface area contributed by atoms with Crippen LogP contribution < -0.4 is 4.74 Å². The topological polar surface area (TPSA) is 51.9 Å². The molecule has 0 saturated carbocycles. The van der Waals surface area contributed by atoms with Crippen LogP contribution in [0.15, 0.2) is 65.7 Å². The standard InChI is InChI=1S/C26H26N4O2/c1-18-16-29(17-27-18)23-10-9-19(15-24(23)31-2)14-21-7-5-13-30-25(21)28-32-26(30)12-11-20-6-3-4-8-22(20)26/h3-4,6,8-10,14-17H,5,7,11-13H2,1-2H3. The number of imidazole rings is 1. The average Bonchev–Trinajstić information content (AvgIpc) is 3.53. The summed E-state index contributed by atoms with van der Waals surface area (Å²) in [6.07, 6.45) is 10.1. The molecule has 1 atom stereocenters. The van der Waals surface area contributed by atoms with Crippen LogP contribution in [0.3, 0.4) is 0 Å². The van der Waals surface area contributed by atoms with Crippen LogP contribution in [0, 0.1) is 6.92 Å². The minimum atomic E-state index is -0.438. The Morgan fingerprint density at radius 3 is 2.91 bits per heavy atom. The molecule has 162 valence electrons. The van der Waals surface area contributed by atoms with Gasteiger partial charge in [-0.1, -0.05) is 35.5 Å². The number of aryl methyl sites for hydroxylation is 2. The highest BCUT2D eigenvalue weighted by Gasteiger charge is 2.52. The number of benzene rings is 2. The Labute approximate surface area is 187 Å². The van der Waals surface area contributed by atoms with Gasteiger partial charge < -0.3 is 19.0 Å². The smallest absolute Gasteiger partial charge is 0.237 e. The van der Waals surface area contributed by atoms with Gasteiger partial charge in [0.25, 0.3) is 0 Å². The van der Waals surface area contributed by atoms with Gasteiger partial charge in [0.15, 0.2) is 5.84 Å². The van der Waals surface area contributed by atoms with Crippen molar-refractivity contribution in [3.8, 4) is 11.4 Å². The first kappa shape index (κ1) is 19.2. The molecular formula is C26H26N4O2. The van der Waals surface area contributed by atoms with Crippen LogP contribution in [-0.4, -0.2) is 33.9 Å². The highest BCUT2D eigenvalue weighted by molar-refractivity contribution is 6.03. The fraction of sp³-hybridized carbons (Fsp3) is 0.308. The van der Waals surface area contributed by atoms with Gasteiger partial charge in [-0.05, 0) is 61.1 Å². The molecule has 6 nitrogen and oxygen atoms in total. The van der Waals surface area contributed by atoms with E-state index >= 15 is 0 Å². The van der Waals surface area contributed by atoms with E-state index in [1.54, 1.807) is 7.11 Å². The first-order chi connectivity index (χ1) is 15.7. The molecule has 6 rings (SSSR count). The molecule has 0 N–H and O–H groups in total. The highest BCUT2D eigenvalue weighted by atomic mass is 16.7. The maximum Gasteiger partial charge on any atom is 0.237 e. The average molecular weight is 427 g/mol. The van der Waals surface area contributed by atoms with Gasteiger partial charge in [-0.2, -0.15) is 0 Å². The van der Waals surface area contributed by atoms with E-state index in [0.717, 1.165) is 60.8 Å². The van der Waals surface area contributed by atoms with Crippen molar-refractivity contribution < 1.29 is 9.57 Å². The van der Waals surface area contributed by atoms with Gasteiger partial charge in [0.1, 0.15) is 5.75 Å². The third kappa shape index (κ3) is 2.86. The molecule has 2 aliphatic heterocycles. The van der Waals surface area contributed by atoms with Gasteiger partial charge in [0.05, 0.1) is 24.8 Å². The first-order valence-electron chi connectivity index (χ1n) is 11.2. The summed E-state index contributed by atoms with van der Waals surface area (Å²) in [7, 11) is 1.71. The van der Waals surface area contributed by atoms with Crippen LogP contribution in [0.1, 0.15) is 41.6 Å². The number of methoxy groups -OCH3 is 1. The van der Waals surface area contributed by atoms with E-state index in [4.69, 9.17) is 9.57 Å². The predicted octanol–water partition coefficient (Wildman–Crippen LogP) is 4.81. The summed E-state index contributed by atoms with van der Waals surface area (Å²) in [5.74, 6) is 1.79. The van der Waals surface area contributed by atoms with Crippen molar-refractivity contribution in [1.29, 1.82) is 0 Å². The number of hydrogen-bond acceptors (Lipinski definition) is 5. The minimum absolute atomic E-state index is 0.438. The molecule has 1 aromatic heterocycles. The Hall–Kier alpha value is -3.54. The summed E-state index contributed by atoms with van der Waals surface area (Å²) < 4.78 is 7.69. The minimum Gasteiger partial charge on any atom is -0.495 e. The van der Waals surface area contributed by atoms with Gasteiger partial charge in [-0.25, -0.2) is 4.98 Å². The fourth-order valence-corrected chi connectivity index (χ4v) is 5.27. The zero-order valence-corrected chi connectivity index (χ0v) is 18.4. The van der Waals surface area contributed by atoms with Gasteiger partial charge in [0.2, 0.25) is 5.72 Å². The number of rotatable bonds is 3. The Morgan fingerprint density at radius 1 is 1.16 bits per heavy atom. The normalized spacial score (nSPS) is 22.6. The Balaban J connectivity index is 1.33. The fourth-order valence-electron chi connectivity index (χ4n) is 5.27. The molecule has 1 saturated heterocycles. The summed E-state index contributed by atoms with van der Waals surface area (Å²) in [5, 5.41) is 4.61. The summed E-state index contributed by atoms with van der Waals surface area (Å²) >= 11 is 0. The number of oxime groups is 1. The van der Waals surface area contributed by atoms with Crippen molar-refractivity contribution >= 4 is 11.9 Å². The largest absolute Gasteiger partial charge is 0.495 e. The van der Waals surface area contributed by atoms with E-state index in [2.05, 4.69) is 63.6 Å². The summed E-state index contributed by atoms with van der Waals surface area (Å²) in [6, 6.07) is 14.9. The lowest BCUT2D eigenvalue weighted by molar-refractivity contribution is -0.105. The zero-order chi connectivity index (χ0) is 21.7. The maximum atomic E-state index is 6.21. The second kappa shape index (κ2) is 7.26. The number of aromatic nitrogens is 2. The Kier molecular flexibility index (Phi) is 4.35. The highest BCUT2D eigenvalue weighted by Crippen LogP contribution is 2.48. The van der Waals surface area contributed by atoms with Crippen LogP contribution in [0.25, 0.3) is 11.8 Å². The number of hydrogen-bond donors (Lipinski definition) is 0. The van der Waals surface area contributed by atoms with Crippen molar-refractivity contribution in [2.24, 2.45) is 5.16 Å². The SMILES string of the molecule is COc1cc(C=C2CCCN3C2=NOC32CCc3ccccc32)ccc1-n1cnc(C)c1. The van der Waals surface area contributed by atoms with Gasteiger partial charge >= 0.3 is 0 Å². The predicted molar refractivity (Wildman–Crippen MR) is 124 cm³/mol. The zero-order valence-electron chi connectivity index (χ0n) is 18.4. The third-order valence-electron chi connectivity index (χ3n) is 6.80. The lowest BCUT2D eigenvalue weighted by Gasteiger charge is -2.38. The van der Waals surface area contributed by atoms with Gasteiger partial charge in [-0.3, -0.25) is 0 Å². The molecule has 3 heterocycles. The second-order valence-electron chi connectivity index (χ2n) is 8.73. The van der Waals surface area contributed by atoms with E-state index in [9.17, 15) is 0 Å². The lowest BCUT2D eigenvalue weighted by Crippen LogP contribution is -2.47. The molecule has 1 unspecified atom stereocenters. The van der Waals surface area contributed by atoms with Crippen LogP contribution >= 0.6 is 0 Å². The molecule has 0 amide bonds. The number of nitrogens with zero attached hydrogens (tertiary/aromatic N) is 4. The number of ether oxygens (including phenoxy) is 1. The Morgan fingerprint density at radius 2 is 2.06 bits per heavy atom. The first-order valence-corrected chi connectivity index (χ1v) is 11.2. The molecule has 2 aromatic carbocycles.